The predicted molar refractivity (Wildman–Crippen MR) is 69.9 cm³/mol. The lowest BCUT2D eigenvalue weighted by Gasteiger charge is -2.40. The third kappa shape index (κ3) is 4.36. The van der Waals surface area contributed by atoms with E-state index in [4.69, 9.17) is 0 Å². The highest BCUT2D eigenvalue weighted by molar-refractivity contribution is 14.1. The molecule has 1 N–H and O–H groups in total. The molecule has 0 spiro atoms. The topological polar surface area (TPSA) is 46.5 Å². The SMILES string of the molecule is CC(C)C(OC(=O)C(C)(C)I)C(O)(C(F)(F)F)C(F)(F)F. The Hall–Kier alpha value is -0.260. The fourth-order valence-electron chi connectivity index (χ4n) is 1.44. The molecular weight excluding hydrogens is 421 g/mol. The van der Waals surface area contributed by atoms with Gasteiger partial charge in [0.25, 0.3) is 5.60 Å². The molecule has 0 saturated heterocycles. The third-order valence-corrected chi connectivity index (χ3v) is 3.04. The fraction of sp³-hybridized carbons (Fsp3) is 0.909. The van der Waals surface area contributed by atoms with Gasteiger partial charge in [-0.05, 0) is 19.8 Å². The van der Waals surface area contributed by atoms with E-state index in [1.165, 1.54) is 36.4 Å². The Bertz CT molecular complexity index is 369. The van der Waals surface area contributed by atoms with Gasteiger partial charge in [-0.25, -0.2) is 0 Å². The lowest BCUT2D eigenvalue weighted by atomic mass is 9.87. The summed E-state index contributed by atoms with van der Waals surface area (Å²) in [5.74, 6) is -2.70. The van der Waals surface area contributed by atoms with Crippen molar-refractivity contribution in [1.82, 2.24) is 0 Å². The summed E-state index contributed by atoms with van der Waals surface area (Å²) in [6, 6.07) is 0. The minimum Gasteiger partial charge on any atom is -0.457 e. The molecule has 3 nitrogen and oxygen atoms in total. The second kappa shape index (κ2) is 6.09. The van der Waals surface area contributed by atoms with Crippen molar-refractivity contribution < 1.29 is 41.0 Å². The molecule has 0 aliphatic heterocycles. The molecule has 0 aliphatic rings. The smallest absolute Gasteiger partial charge is 0.430 e. The van der Waals surface area contributed by atoms with Gasteiger partial charge in [0.15, 0.2) is 6.10 Å². The number of esters is 1. The molecule has 0 bridgehead atoms. The van der Waals surface area contributed by atoms with Crippen LogP contribution in [0.2, 0.25) is 0 Å². The van der Waals surface area contributed by atoms with Crippen molar-refractivity contribution >= 4 is 28.6 Å². The van der Waals surface area contributed by atoms with E-state index >= 15 is 0 Å². The van der Waals surface area contributed by atoms with Gasteiger partial charge >= 0.3 is 18.3 Å². The van der Waals surface area contributed by atoms with E-state index in [0.717, 1.165) is 13.8 Å². The average molecular weight is 436 g/mol. The lowest BCUT2D eigenvalue weighted by Crippen LogP contribution is -2.66. The first-order chi connectivity index (χ1) is 8.96. The number of hydrogen-bond donors (Lipinski definition) is 1. The van der Waals surface area contributed by atoms with E-state index in [0.29, 0.717) is 0 Å². The summed E-state index contributed by atoms with van der Waals surface area (Å²) in [6.45, 7) is 4.49. The summed E-state index contributed by atoms with van der Waals surface area (Å²) in [5.41, 5.74) is -5.13. The molecule has 21 heavy (non-hydrogen) atoms. The molecular formula is C11H15F6IO3. The van der Waals surface area contributed by atoms with Crippen LogP contribution in [0.15, 0.2) is 0 Å². The minimum atomic E-state index is -6.05. The molecule has 0 heterocycles. The minimum absolute atomic E-state index is 0.987. The number of carbonyl (C=O) groups is 1. The zero-order valence-electron chi connectivity index (χ0n) is 11.6. The van der Waals surface area contributed by atoms with Crippen LogP contribution < -0.4 is 0 Å². The van der Waals surface area contributed by atoms with E-state index in [-0.39, 0.29) is 0 Å². The van der Waals surface area contributed by atoms with Crippen LogP contribution in [-0.2, 0) is 9.53 Å². The Balaban J connectivity index is 5.87. The summed E-state index contributed by atoms with van der Waals surface area (Å²) < 4.78 is 79.8. The van der Waals surface area contributed by atoms with Crippen LogP contribution in [-0.4, -0.2) is 38.6 Å². The molecule has 0 amide bonds. The van der Waals surface area contributed by atoms with Crippen LogP contribution in [0.5, 0.6) is 0 Å². The fourth-order valence-corrected chi connectivity index (χ4v) is 1.57. The molecule has 126 valence electrons. The van der Waals surface area contributed by atoms with E-state index in [1.807, 2.05) is 0 Å². The summed E-state index contributed by atoms with van der Waals surface area (Å²) in [4.78, 5) is 11.6. The summed E-state index contributed by atoms with van der Waals surface area (Å²) in [7, 11) is 0. The molecule has 0 saturated carbocycles. The molecule has 0 aliphatic carbocycles. The standard InChI is InChI=1S/C11H15F6IO3/c1-5(2)6(21-7(19)8(3,4)18)9(20,10(12,13)14)11(15,16)17/h5-6,20H,1-4H3. The van der Waals surface area contributed by atoms with Crippen molar-refractivity contribution in [3.8, 4) is 0 Å². The highest BCUT2D eigenvalue weighted by Gasteiger charge is 2.76. The van der Waals surface area contributed by atoms with Gasteiger partial charge < -0.3 is 9.84 Å². The second-order valence-corrected chi connectivity index (χ2v) is 8.00. The van der Waals surface area contributed by atoms with Crippen molar-refractivity contribution in [1.29, 1.82) is 0 Å². The molecule has 0 rings (SSSR count). The number of carbonyl (C=O) groups excluding carboxylic acids is 1. The zero-order chi connectivity index (χ0) is 17.4. The number of rotatable bonds is 4. The van der Waals surface area contributed by atoms with Crippen LogP contribution in [0.3, 0.4) is 0 Å². The van der Waals surface area contributed by atoms with Crippen LogP contribution in [0, 0.1) is 5.92 Å². The number of alkyl halides is 7. The number of halogens is 7. The lowest BCUT2D eigenvalue weighted by molar-refractivity contribution is -0.395. The first kappa shape index (κ1) is 20.7. The molecule has 0 aromatic carbocycles. The van der Waals surface area contributed by atoms with Crippen LogP contribution >= 0.6 is 22.6 Å². The van der Waals surface area contributed by atoms with Crippen LogP contribution in [0.25, 0.3) is 0 Å². The first-order valence-electron chi connectivity index (χ1n) is 5.72. The molecule has 1 atom stereocenters. The van der Waals surface area contributed by atoms with Gasteiger partial charge in [0.2, 0.25) is 0 Å². The van der Waals surface area contributed by atoms with Gasteiger partial charge in [0.1, 0.15) is 3.42 Å². The largest absolute Gasteiger partial charge is 0.457 e. The highest BCUT2D eigenvalue weighted by atomic mass is 127. The zero-order valence-corrected chi connectivity index (χ0v) is 13.7. The molecule has 0 aromatic heterocycles. The van der Waals surface area contributed by atoms with E-state index in [1.54, 1.807) is 0 Å². The van der Waals surface area contributed by atoms with E-state index in [9.17, 15) is 36.2 Å². The maximum atomic E-state index is 12.8. The van der Waals surface area contributed by atoms with Crippen LogP contribution in [0.4, 0.5) is 26.3 Å². The summed E-state index contributed by atoms with van der Waals surface area (Å²) in [5, 5.41) is 9.30. The number of hydrogen-bond acceptors (Lipinski definition) is 3. The molecule has 0 radical (unpaired) electrons. The van der Waals surface area contributed by atoms with Gasteiger partial charge in [-0.2, -0.15) is 26.3 Å². The summed E-state index contributed by atoms with van der Waals surface area (Å²) >= 11 is 1.51. The van der Waals surface area contributed by atoms with E-state index in [2.05, 4.69) is 4.74 Å². The Morgan fingerprint density at radius 2 is 1.38 bits per heavy atom. The van der Waals surface area contributed by atoms with Crippen molar-refractivity contribution in [2.45, 2.75) is 55.2 Å². The monoisotopic (exact) mass is 436 g/mol. The Morgan fingerprint density at radius 1 is 1.05 bits per heavy atom. The summed E-state index contributed by atoms with van der Waals surface area (Å²) in [6.07, 6.45) is -14.9. The van der Waals surface area contributed by atoms with Crippen molar-refractivity contribution in [3.05, 3.63) is 0 Å². The van der Waals surface area contributed by atoms with Crippen LogP contribution in [0.1, 0.15) is 27.7 Å². The first-order valence-corrected chi connectivity index (χ1v) is 6.80. The van der Waals surface area contributed by atoms with Crippen molar-refractivity contribution in [2.75, 3.05) is 0 Å². The molecule has 0 fully saturated rings. The third-order valence-electron chi connectivity index (χ3n) is 2.60. The van der Waals surface area contributed by atoms with Gasteiger partial charge in [0, 0.05) is 0 Å². The van der Waals surface area contributed by atoms with Crippen molar-refractivity contribution in [3.63, 3.8) is 0 Å². The van der Waals surface area contributed by atoms with Crippen molar-refractivity contribution in [2.24, 2.45) is 5.92 Å². The normalized spacial score (nSPS) is 16.0. The average Bonchev–Trinajstić information content (AvgIpc) is 2.19. The quantitative estimate of drug-likeness (QED) is 0.317. The highest BCUT2D eigenvalue weighted by Crippen LogP contribution is 2.48. The maximum absolute atomic E-state index is 12.8. The predicted octanol–water partition coefficient (Wildman–Crippen LogP) is 3.62. The van der Waals surface area contributed by atoms with Gasteiger partial charge in [-0.3, -0.25) is 4.79 Å². The number of ether oxygens (including phenoxy) is 1. The molecule has 10 heteroatoms. The van der Waals surface area contributed by atoms with Gasteiger partial charge in [-0.1, -0.05) is 36.4 Å². The second-order valence-electron chi connectivity index (χ2n) is 5.30. The van der Waals surface area contributed by atoms with E-state index < -0.39 is 39.4 Å². The Morgan fingerprint density at radius 3 is 1.57 bits per heavy atom. The maximum Gasteiger partial charge on any atom is 0.430 e. The molecule has 0 aromatic rings. The number of aliphatic hydroxyl groups is 1. The molecule has 1 unspecified atom stereocenters. The Kier molecular flexibility index (Phi) is 6.01. The van der Waals surface area contributed by atoms with Gasteiger partial charge in [-0.15, -0.1) is 0 Å². The van der Waals surface area contributed by atoms with Gasteiger partial charge in [0.05, 0.1) is 0 Å². The Labute approximate surface area is 131 Å².